The number of hydrogen-bond donors (Lipinski definition) is 0. The monoisotopic (exact) mass is 792 g/mol. The SMILES string of the molecule is c1ccc(-c2ccc(N(c3ccc(-c4ccc5[se]c6ccccc6c5c4)cc3)c3ccc(-c4ccc5c6ccccc6n(-c6ccccc6)c5c4)cc3)cc2)cc1. The van der Waals surface area contributed by atoms with Gasteiger partial charge in [-0.05, 0) is 46.5 Å². The first kappa shape index (κ1) is 33.4. The quantitative estimate of drug-likeness (QED) is 0.146. The molecule has 0 aliphatic heterocycles. The molecule has 0 bridgehead atoms. The van der Waals surface area contributed by atoms with Gasteiger partial charge in [0.15, 0.2) is 0 Å². The molecule has 0 atom stereocenters. The Morgan fingerprint density at radius 2 is 0.754 bits per heavy atom. The van der Waals surface area contributed by atoms with Crippen molar-refractivity contribution >= 4 is 72.7 Å². The number of para-hydroxylation sites is 2. The number of fused-ring (bicyclic) bond motifs is 6. The molecular weight excluding hydrogens is 756 g/mol. The molecule has 2 nitrogen and oxygen atoms in total. The normalized spacial score (nSPS) is 11.5. The van der Waals surface area contributed by atoms with Crippen molar-refractivity contribution in [3.05, 3.63) is 218 Å². The van der Waals surface area contributed by atoms with Crippen molar-refractivity contribution in [3.63, 3.8) is 0 Å². The predicted molar refractivity (Wildman–Crippen MR) is 244 cm³/mol. The van der Waals surface area contributed by atoms with E-state index < -0.39 is 0 Å². The molecule has 0 saturated carbocycles. The first-order valence-corrected chi connectivity index (χ1v) is 21.1. The second kappa shape index (κ2) is 14.0. The third kappa shape index (κ3) is 5.97. The summed E-state index contributed by atoms with van der Waals surface area (Å²) in [6.07, 6.45) is 0. The van der Waals surface area contributed by atoms with E-state index in [0.29, 0.717) is 14.5 Å². The summed E-state index contributed by atoms with van der Waals surface area (Å²) in [5.74, 6) is 0. The summed E-state index contributed by atoms with van der Waals surface area (Å²) in [7, 11) is 0. The molecule has 0 fully saturated rings. The van der Waals surface area contributed by atoms with E-state index in [1.165, 1.54) is 80.2 Å². The molecule has 0 spiro atoms. The predicted octanol–water partition coefficient (Wildman–Crippen LogP) is 14.6. The molecule has 9 aromatic carbocycles. The van der Waals surface area contributed by atoms with Gasteiger partial charge in [0.2, 0.25) is 0 Å². The Labute approximate surface area is 337 Å². The van der Waals surface area contributed by atoms with Gasteiger partial charge in [-0.25, -0.2) is 0 Å². The zero-order valence-electron chi connectivity index (χ0n) is 31.1. The molecule has 11 aromatic rings. The van der Waals surface area contributed by atoms with Gasteiger partial charge in [0.25, 0.3) is 0 Å². The standard InChI is InChI=1S/C54H36N2Se/c1-3-11-37(12-4-1)38-19-27-44(28-20-38)55(45-29-21-39(22-30-45)41-26-34-54-50(35-41)49-16-8-10-18-53(49)57-54)46-31-23-40(24-32-46)42-25-33-48-47-15-7-9-17-51(47)56(52(48)36-42)43-13-5-2-6-14-43/h1-36H. The summed E-state index contributed by atoms with van der Waals surface area (Å²) in [5.41, 5.74) is 14.2. The Morgan fingerprint density at radius 1 is 0.298 bits per heavy atom. The molecule has 0 radical (unpaired) electrons. The van der Waals surface area contributed by atoms with Crippen LogP contribution in [0.25, 0.3) is 80.2 Å². The van der Waals surface area contributed by atoms with Gasteiger partial charge in [-0.1, -0.05) is 78.9 Å². The summed E-state index contributed by atoms with van der Waals surface area (Å²) in [4.78, 5) is 2.36. The van der Waals surface area contributed by atoms with Crippen LogP contribution < -0.4 is 4.90 Å². The fourth-order valence-corrected chi connectivity index (χ4v) is 10.7. The number of anilines is 3. The average Bonchev–Trinajstić information content (AvgIpc) is 3.83. The van der Waals surface area contributed by atoms with Crippen molar-refractivity contribution in [2.24, 2.45) is 0 Å². The topological polar surface area (TPSA) is 8.17 Å². The van der Waals surface area contributed by atoms with Crippen LogP contribution in [0.2, 0.25) is 0 Å². The van der Waals surface area contributed by atoms with Crippen LogP contribution in [-0.2, 0) is 0 Å². The van der Waals surface area contributed by atoms with Crippen LogP contribution in [0.3, 0.4) is 0 Å². The van der Waals surface area contributed by atoms with E-state index in [0.717, 1.165) is 17.1 Å². The molecule has 0 N–H and O–H groups in total. The Balaban J connectivity index is 0.978. The van der Waals surface area contributed by atoms with Crippen molar-refractivity contribution in [2.75, 3.05) is 4.90 Å². The van der Waals surface area contributed by atoms with Crippen LogP contribution in [-0.4, -0.2) is 19.1 Å². The maximum atomic E-state index is 2.38. The molecule has 57 heavy (non-hydrogen) atoms. The van der Waals surface area contributed by atoms with Gasteiger partial charge >= 0.3 is 182 Å². The van der Waals surface area contributed by atoms with Crippen molar-refractivity contribution in [2.45, 2.75) is 0 Å². The van der Waals surface area contributed by atoms with Gasteiger partial charge < -0.3 is 4.57 Å². The van der Waals surface area contributed by atoms with Gasteiger partial charge in [-0.3, -0.25) is 0 Å². The van der Waals surface area contributed by atoms with Crippen molar-refractivity contribution in [1.82, 2.24) is 4.57 Å². The van der Waals surface area contributed by atoms with Crippen LogP contribution in [0.5, 0.6) is 0 Å². The van der Waals surface area contributed by atoms with Gasteiger partial charge in [-0.2, -0.15) is 0 Å². The van der Waals surface area contributed by atoms with Gasteiger partial charge in [0, 0.05) is 16.5 Å². The minimum Gasteiger partial charge on any atom is -0.0617 e. The van der Waals surface area contributed by atoms with E-state index in [4.69, 9.17) is 0 Å². The average molecular weight is 792 g/mol. The minimum atomic E-state index is 0.370. The first-order valence-electron chi connectivity index (χ1n) is 19.4. The fourth-order valence-electron chi connectivity index (χ4n) is 8.40. The summed E-state index contributed by atoms with van der Waals surface area (Å²) >= 11 is 0.370. The van der Waals surface area contributed by atoms with E-state index in [1.54, 1.807) is 0 Å². The molecular formula is C54H36N2Se. The Bertz CT molecular complexity index is 3200. The maximum absolute atomic E-state index is 2.38. The smallest absolute Gasteiger partial charge is 0.0617 e. The van der Waals surface area contributed by atoms with E-state index in [2.05, 4.69) is 228 Å². The molecule has 11 rings (SSSR count). The second-order valence-corrected chi connectivity index (χ2v) is 16.8. The summed E-state index contributed by atoms with van der Waals surface area (Å²) < 4.78 is 5.33. The molecule has 0 unspecified atom stereocenters. The second-order valence-electron chi connectivity index (χ2n) is 14.6. The molecule has 0 aliphatic rings. The zero-order chi connectivity index (χ0) is 37.7. The number of aromatic nitrogens is 1. The Kier molecular flexibility index (Phi) is 8.21. The molecule has 2 aromatic heterocycles. The summed E-state index contributed by atoms with van der Waals surface area (Å²) in [6.45, 7) is 0. The number of benzene rings is 9. The van der Waals surface area contributed by atoms with Crippen LogP contribution >= 0.6 is 0 Å². The number of rotatable bonds is 7. The fraction of sp³-hybridized carbons (Fsp3) is 0. The van der Waals surface area contributed by atoms with E-state index in [1.807, 2.05) is 0 Å². The number of hydrogen-bond acceptors (Lipinski definition) is 1. The molecule has 3 heteroatoms. The first-order chi connectivity index (χ1) is 28.2. The van der Waals surface area contributed by atoms with Crippen LogP contribution in [0.15, 0.2) is 218 Å². The van der Waals surface area contributed by atoms with Crippen molar-refractivity contribution in [1.29, 1.82) is 0 Å². The minimum absolute atomic E-state index is 0.370. The van der Waals surface area contributed by atoms with Crippen molar-refractivity contribution < 1.29 is 0 Å². The molecule has 0 aliphatic carbocycles. The van der Waals surface area contributed by atoms with Crippen molar-refractivity contribution in [3.8, 4) is 39.1 Å². The van der Waals surface area contributed by atoms with Gasteiger partial charge in [-0.15, -0.1) is 0 Å². The van der Waals surface area contributed by atoms with Gasteiger partial charge in [0.05, 0.1) is 11.0 Å². The van der Waals surface area contributed by atoms with E-state index >= 15 is 0 Å². The molecule has 0 saturated heterocycles. The Morgan fingerprint density at radius 3 is 1.42 bits per heavy atom. The summed E-state index contributed by atoms with van der Waals surface area (Å²) in [6, 6.07) is 79.7. The van der Waals surface area contributed by atoms with Crippen LogP contribution in [0, 0.1) is 0 Å². The third-order valence-corrected chi connectivity index (χ3v) is 13.6. The van der Waals surface area contributed by atoms with Crippen LogP contribution in [0.1, 0.15) is 0 Å². The van der Waals surface area contributed by atoms with E-state index in [9.17, 15) is 0 Å². The zero-order valence-corrected chi connectivity index (χ0v) is 32.8. The Hall–Kier alpha value is -6.90. The van der Waals surface area contributed by atoms with E-state index in [-0.39, 0.29) is 0 Å². The van der Waals surface area contributed by atoms with Gasteiger partial charge in [0.1, 0.15) is 0 Å². The molecule has 0 amide bonds. The molecule has 268 valence electrons. The number of nitrogens with zero attached hydrogens (tertiary/aromatic N) is 2. The van der Waals surface area contributed by atoms with Crippen LogP contribution in [0.4, 0.5) is 17.1 Å². The molecule has 2 heterocycles. The third-order valence-electron chi connectivity index (χ3n) is 11.2. The summed E-state index contributed by atoms with van der Waals surface area (Å²) in [5, 5.41) is 5.29.